The van der Waals surface area contributed by atoms with Gasteiger partial charge < -0.3 is 20.5 Å². The fourth-order valence-corrected chi connectivity index (χ4v) is 2.55. The predicted octanol–water partition coefficient (Wildman–Crippen LogP) is 2.98. The topological polar surface area (TPSA) is 86.5 Å². The van der Waals surface area contributed by atoms with Crippen molar-refractivity contribution in [3.8, 4) is 11.6 Å². The van der Waals surface area contributed by atoms with Gasteiger partial charge in [-0.15, -0.1) is 24.8 Å². The number of aromatic nitrogens is 1. The maximum atomic E-state index is 13.1. The standard InChI is InChI=1S/C18H20FN3O3.2ClH/c19-14-2-1-3-15(10-14)25-16-5-4-13(11-21-16)12-22-17(23)18(20)6-8-24-9-7-18;;/h1-5,10-11H,6-9,12,20H2,(H,22,23);2*1H. The molecule has 1 saturated heterocycles. The molecule has 0 aliphatic carbocycles. The first-order valence-corrected chi connectivity index (χ1v) is 8.08. The fourth-order valence-electron chi connectivity index (χ4n) is 2.55. The molecular formula is C18H22Cl2FN3O3. The van der Waals surface area contributed by atoms with Gasteiger partial charge >= 0.3 is 0 Å². The number of nitrogens with two attached hydrogens (primary N) is 1. The van der Waals surface area contributed by atoms with Crippen LogP contribution in [0.2, 0.25) is 0 Å². The monoisotopic (exact) mass is 417 g/mol. The number of carbonyl (C=O) groups is 1. The van der Waals surface area contributed by atoms with E-state index in [0.717, 1.165) is 5.56 Å². The van der Waals surface area contributed by atoms with Crippen molar-refractivity contribution in [2.45, 2.75) is 24.9 Å². The van der Waals surface area contributed by atoms with Crippen molar-refractivity contribution >= 4 is 30.7 Å². The van der Waals surface area contributed by atoms with Crippen LogP contribution >= 0.6 is 24.8 Å². The van der Waals surface area contributed by atoms with E-state index < -0.39 is 5.54 Å². The minimum absolute atomic E-state index is 0. The average Bonchev–Trinajstić information content (AvgIpc) is 2.61. The van der Waals surface area contributed by atoms with Gasteiger partial charge in [-0.2, -0.15) is 0 Å². The lowest BCUT2D eigenvalue weighted by Crippen LogP contribution is -2.56. The second kappa shape index (κ2) is 10.4. The van der Waals surface area contributed by atoms with Crippen molar-refractivity contribution in [3.63, 3.8) is 0 Å². The van der Waals surface area contributed by atoms with Crippen LogP contribution in [0.4, 0.5) is 4.39 Å². The third-order valence-electron chi connectivity index (χ3n) is 4.11. The molecule has 3 rings (SSSR count). The molecule has 0 spiro atoms. The summed E-state index contributed by atoms with van der Waals surface area (Å²) in [5, 5.41) is 2.84. The molecule has 0 bridgehead atoms. The summed E-state index contributed by atoms with van der Waals surface area (Å²) in [5.41, 5.74) is 6.08. The molecule has 1 aliphatic heterocycles. The SMILES string of the molecule is Cl.Cl.NC1(C(=O)NCc2ccc(Oc3cccc(F)c3)nc2)CCOCC1. The quantitative estimate of drug-likeness (QED) is 0.780. The zero-order valence-corrected chi connectivity index (χ0v) is 16.2. The van der Waals surface area contributed by atoms with Crippen LogP contribution < -0.4 is 15.8 Å². The number of carbonyl (C=O) groups excluding carboxylic acids is 1. The molecule has 9 heteroatoms. The van der Waals surface area contributed by atoms with E-state index in [4.69, 9.17) is 15.2 Å². The van der Waals surface area contributed by atoms with Gasteiger partial charge in [-0.05, 0) is 30.5 Å². The zero-order valence-electron chi connectivity index (χ0n) is 14.5. The van der Waals surface area contributed by atoms with Crippen LogP contribution in [0.25, 0.3) is 0 Å². The second-order valence-corrected chi connectivity index (χ2v) is 6.02. The van der Waals surface area contributed by atoms with Gasteiger partial charge in [0, 0.05) is 38.1 Å². The number of halogens is 3. The lowest BCUT2D eigenvalue weighted by molar-refractivity contribution is -0.129. The molecule has 0 radical (unpaired) electrons. The molecule has 2 aromatic rings. The first-order chi connectivity index (χ1) is 12.0. The number of ether oxygens (including phenoxy) is 2. The van der Waals surface area contributed by atoms with Crippen LogP contribution in [0, 0.1) is 5.82 Å². The predicted molar refractivity (Wildman–Crippen MR) is 104 cm³/mol. The molecule has 0 unspecified atom stereocenters. The summed E-state index contributed by atoms with van der Waals surface area (Å²) < 4.78 is 23.9. The summed E-state index contributed by atoms with van der Waals surface area (Å²) in [6, 6.07) is 9.29. The van der Waals surface area contributed by atoms with E-state index in [-0.39, 0.29) is 36.5 Å². The number of nitrogens with zero attached hydrogens (tertiary/aromatic N) is 1. The summed E-state index contributed by atoms with van der Waals surface area (Å²) in [6.07, 6.45) is 2.62. The van der Waals surface area contributed by atoms with E-state index in [0.29, 0.717) is 44.2 Å². The van der Waals surface area contributed by atoms with Crippen LogP contribution in [0.1, 0.15) is 18.4 Å². The second-order valence-electron chi connectivity index (χ2n) is 6.02. The molecule has 6 nitrogen and oxygen atoms in total. The Hall–Kier alpha value is -1.93. The van der Waals surface area contributed by atoms with Crippen LogP contribution in [-0.4, -0.2) is 29.6 Å². The first-order valence-electron chi connectivity index (χ1n) is 8.08. The number of benzene rings is 1. The summed E-state index contributed by atoms with van der Waals surface area (Å²) in [6.45, 7) is 1.32. The molecule has 2 heterocycles. The van der Waals surface area contributed by atoms with Gasteiger partial charge in [0.15, 0.2) is 0 Å². The lowest BCUT2D eigenvalue weighted by atomic mass is 9.90. The summed E-state index contributed by atoms with van der Waals surface area (Å²) >= 11 is 0. The van der Waals surface area contributed by atoms with E-state index >= 15 is 0 Å². The van der Waals surface area contributed by atoms with E-state index in [1.165, 1.54) is 12.1 Å². The Bertz CT molecular complexity index is 741. The number of amides is 1. The van der Waals surface area contributed by atoms with Gasteiger partial charge in [0.2, 0.25) is 11.8 Å². The van der Waals surface area contributed by atoms with Crippen molar-refractivity contribution in [2.24, 2.45) is 5.73 Å². The van der Waals surface area contributed by atoms with Crippen molar-refractivity contribution < 1.29 is 18.7 Å². The third kappa shape index (κ3) is 6.32. The Morgan fingerprint density at radius 2 is 2.00 bits per heavy atom. The van der Waals surface area contributed by atoms with Crippen molar-refractivity contribution in [1.29, 1.82) is 0 Å². The molecular weight excluding hydrogens is 396 g/mol. The van der Waals surface area contributed by atoms with E-state index in [1.54, 1.807) is 30.5 Å². The molecule has 27 heavy (non-hydrogen) atoms. The van der Waals surface area contributed by atoms with Crippen LogP contribution in [0.3, 0.4) is 0 Å². The van der Waals surface area contributed by atoms with Gasteiger partial charge in [-0.1, -0.05) is 12.1 Å². The molecule has 1 aliphatic rings. The first kappa shape index (κ1) is 23.1. The molecule has 0 saturated carbocycles. The van der Waals surface area contributed by atoms with Crippen molar-refractivity contribution in [3.05, 3.63) is 54.0 Å². The summed E-state index contributed by atoms with van der Waals surface area (Å²) in [7, 11) is 0. The largest absolute Gasteiger partial charge is 0.439 e. The number of hydrogen-bond donors (Lipinski definition) is 2. The zero-order chi connectivity index (χ0) is 17.7. The number of nitrogens with one attached hydrogen (secondary N) is 1. The molecule has 1 amide bonds. The maximum absolute atomic E-state index is 13.1. The van der Waals surface area contributed by atoms with Crippen LogP contribution in [-0.2, 0) is 16.1 Å². The van der Waals surface area contributed by atoms with Gasteiger partial charge in [0.25, 0.3) is 0 Å². The Labute approximate surface area is 169 Å². The number of rotatable bonds is 5. The number of hydrogen-bond acceptors (Lipinski definition) is 5. The van der Waals surface area contributed by atoms with Crippen molar-refractivity contribution in [2.75, 3.05) is 13.2 Å². The molecule has 3 N–H and O–H groups in total. The molecule has 1 fully saturated rings. The minimum Gasteiger partial charge on any atom is -0.439 e. The van der Waals surface area contributed by atoms with E-state index in [1.807, 2.05) is 0 Å². The Morgan fingerprint density at radius 1 is 1.26 bits per heavy atom. The highest BCUT2D eigenvalue weighted by Gasteiger charge is 2.35. The summed E-state index contributed by atoms with van der Waals surface area (Å²) in [5.74, 6) is 0.162. The van der Waals surface area contributed by atoms with Gasteiger partial charge in [0.05, 0.1) is 5.54 Å². The molecule has 1 aromatic carbocycles. The van der Waals surface area contributed by atoms with Crippen molar-refractivity contribution in [1.82, 2.24) is 10.3 Å². The van der Waals surface area contributed by atoms with E-state index in [2.05, 4.69) is 10.3 Å². The Morgan fingerprint density at radius 3 is 2.63 bits per heavy atom. The molecule has 148 valence electrons. The van der Waals surface area contributed by atoms with E-state index in [9.17, 15) is 9.18 Å². The normalized spacial score (nSPS) is 15.0. The lowest BCUT2D eigenvalue weighted by Gasteiger charge is -2.31. The molecule has 0 atom stereocenters. The third-order valence-corrected chi connectivity index (χ3v) is 4.11. The Kier molecular flexibility index (Phi) is 8.92. The highest BCUT2D eigenvalue weighted by molar-refractivity contribution is 5.86. The highest BCUT2D eigenvalue weighted by atomic mass is 35.5. The van der Waals surface area contributed by atoms with Gasteiger partial charge in [0.1, 0.15) is 11.6 Å². The Balaban J connectivity index is 0.00000182. The minimum atomic E-state index is -0.869. The smallest absolute Gasteiger partial charge is 0.240 e. The fraction of sp³-hybridized carbons (Fsp3) is 0.333. The van der Waals surface area contributed by atoms with Gasteiger partial charge in [-0.25, -0.2) is 9.37 Å². The van der Waals surface area contributed by atoms with Crippen LogP contribution in [0.15, 0.2) is 42.6 Å². The average molecular weight is 418 g/mol. The summed E-state index contributed by atoms with van der Waals surface area (Å²) in [4.78, 5) is 16.4. The van der Waals surface area contributed by atoms with Gasteiger partial charge in [-0.3, -0.25) is 4.79 Å². The molecule has 1 aromatic heterocycles. The maximum Gasteiger partial charge on any atom is 0.240 e. The number of pyridine rings is 1. The van der Waals surface area contributed by atoms with Crippen LogP contribution in [0.5, 0.6) is 11.6 Å². The highest BCUT2D eigenvalue weighted by Crippen LogP contribution is 2.20.